The van der Waals surface area contributed by atoms with Gasteiger partial charge in [-0.15, -0.1) is 0 Å². The van der Waals surface area contributed by atoms with Crippen LogP contribution in [0.2, 0.25) is 5.15 Å². The summed E-state index contributed by atoms with van der Waals surface area (Å²) in [6, 6.07) is 5.45. The van der Waals surface area contributed by atoms with E-state index in [9.17, 15) is 4.79 Å². The molecule has 0 saturated carbocycles. The van der Waals surface area contributed by atoms with Crippen LogP contribution in [0, 0.1) is 6.92 Å². The Bertz CT molecular complexity index is 583. The Morgan fingerprint density at radius 1 is 1.33 bits per heavy atom. The summed E-state index contributed by atoms with van der Waals surface area (Å²) in [7, 11) is 0. The molecule has 0 atom stereocenters. The summed E-state index contributed by atoms with van der Waals surface area (Å²) < 4.78 is 0.852. The first-order valence-corrected chi connectivity index (χ1v) is 6.28. The van der Waals surface area contributed by atoms with Crippen LogP contribution >= 0.6 is 27.5 Å². The van der Waals surface area contributed by atoms with Crippen molar-refractivity contribution < 1.29 is 4.79 Å². The zero-order chi connectivity index (χ0) is 13.1. The molecule has 6 heteroatoms. The number of carbonyl (C=O) groups excluding carboxylic acids is 1. The third-order valence-electron chi connectivity index (χ3n) is 2.15. The first kappa shape index (κ1) is 13.0. The molecule has 2 aromatic rings. The number of hydrogen-bond acceptors (Lipinski definition) is 3. The fraction of sp³-hybridized carbons (Fsp3) is 0.0833. The average Bonchev–Trinajstić information content (AvgIpc) is 2.27. The molecule has 1 aromatic carbocycles. The monoisotopic (exact) mass is 325 g/mol. The smallest absolute Gasteiger partial charge is 0.256 e. The predicted molar refractivity (Wildman–Crippen MR) is 73.9 cm³/mol. The number of aromatic nitrogens is 2. The highest BCUT2D eigenvalue weighted by Crippen LogP contribution is 2.16. The van der Waals surface area contributed by atoms with E-state index in [1.54, 1.807) is 12.1 Å². The van der Waals surface area contributed by atoms with Gasteiger partial charge < -0.3 is 5.32 Å². The van der Waals surface area contributed by atoms with Crippen molar-refractivity contribution in [3.63, 3.8) is 0 Å². The molecule has 0 saturated heterocycles. The molecule has 1 amide bonds. The number of hydrogen-bond donors (Lipinski definition) is 1. The van der Waals surface area contributed by atoms with Crippen LogP contribution in [0.4, 0.5) is 5.82 Å². The van der Waals surface area contributed by atoms with Gasteiger partial charge in [0.1, 0.15) is 5.15 Å². The van der Waals surface area contributed by atoms with Gasteiger partial charge >= 0.3 is 0 Å². The van der Waals surface area contributed by atoms with E-state index in [2.05, 4.69) is 31.2 Å². The van der Waals surface area contributed by atoms with Crippen molar-refractivity contribution in [1.82, 2.24) is 9.97 Å². The van der Waals surface area contributed by atoms with E-state index >= 15 is 0 Å². The number of nitrogens with zero attached hydrogens (tertiary/aromatic N) is 2. The Morgan fingerprint density at radius 3 is 2.78 bits per heavy atom. The molecule has 0 unspecified atom stereocenters. The fourth-order valence-corrected chi connectivity index (χ4v) is 2.21. The Labute approximate surface area is 118 Å². The minimum atomic E-state index is -0.254. The summed E-state index contributed by atoms with van der Waals surface area (Å²) in [6.07, 6.45) is 2.84. The van der Waals surface area contributed by atoms with E-state index in [-0.39, 0.29) is 11.1 Å². The number of rotatable bonds is 2. The van der Waals surface area contributed by atoms with Crippen molar-refractivity contribution in [2.45, 2.75) is 6.92 Å². The van der Waals surface area contributed by atoms with E-state index in [1.165, 1.54) is 12.4 Å². The molecule has 0 aliphatic carbocycles. The molecule has 0 bridgehead atoms. The topological polar surface area (TPSA) is 54.9 Å². The Kier molecular flexibility index (Phi) is 3.93. The second kappa shape index (κ2) is 5.46. The molecular weight excluding hydrogens is 318 g/mol. The number of aryl methyl sites for hydroxylation is 1. The van der Waals surface area contributed by atoms with Gasteiger partial charge in [-0.2, -0.15) is 0 Å². The highest BCUT2D eigenvalue weighted by atomic mass is 79.9. The van der Waals surface area contributed by atoms with Gasteiger partial charge in [-0.05, 0) is 30.7 Å². The summed E-state index contributed by atoms with van der Waals surface area (Å²) in [5, 5.41) is 2.87. The molecule has 0 fully saturated rings. The molecule has 1 aromatic heterocycles. The minimum Gasteiger partial charge on any atom is -0.305 e. The first-order valence-electron chi connectivity index (χ1n) is 5.11. The van der Waals surface area contributed by atoms with Gasteiger partial charge in [0, 0.05) is 10.0 Å². The molecule has 0 radical (unpaired) electrons. The fourth-order valence-electron chi connectivity index (χ4n) is 1.46. The van der Waals surface area contributed by atoms with Crippen LogP contribution in [-0.2, 0) is 0 Å². The molecule has 0 spiro atoms. The maximum Gasteiger partial charge on any atom is 0.256 e. The van der Waals surface area contributed by atoms with Gasteiger partial charge in [0.15, 0.2) is 5.82 Å². The van der Waals surface area contributed by atoms with Crippen molar-refractivity contribution in [1.29, 1.82) is 0 Å². The molecule has 18 heavy (non-hydrogen) atoms. The quantitative estimate of drug-likeness (QED) is 0.919. The minimum absolute atomic E-state index is 0.234. The van der Waals surface area contributed by atoms with Crippen LogP contribution in [0.5, 0.6) is 0 Å². The number of carbonyl (C=O) groups is 1. The van der Waals surface area contributed by atoms with Crippen LogP contribution in [0.15, 0.2) is 35.1 Å². The van der Waals surface area contributed by atoms with E-state index in [0.717, 1.165) is 10.0 Å². The highest BCUT2D eigenvalue weighted by molar-refractivity contribution is 9.10. The zero-order valence-electron chi connectivity index (χ0n) is 9.45. The van der Waals surface area contributed by atoms with E-state index in [0.29, 0.717) is 11.4 Å². The van der Waals surface area contributed by atoms with Gasteiger partial charge in [0.25, 0.3) is 5.91 Å². The van der Waals surface area contributed by atoms with Crippen molar-refractivity contribution in [3.8, 4) is 0 Å². The molecule has 92 valence electrons. The highest BCUT2D eigenvalue weighted by Gasteiger charge is 2.08. The van der Waals surface area contributed by atoms with Gasteiger partial charge in [-0.3, -0.25) is 9.78 Å². The van der Waals surface area contributed by atoms with Crippen LogP contribution < -0.4 is 5.32 Å². The first-order chi connectivity index (χ1) is 8.54. The van der Waals surface area contributed by atoms with Gasteiger partial charge in [-0.25, -0.2) is 4.98 Å². The Morgan fingerprint density at radius 2 is 2.11 bits per heavy atom. The Hall–Kier alpha value is -1.46. The van der Waals surface area contributed by atoms with Gasteiger partial charge in [0.05, 0.1) is 12.4 Å². The number of anilines is 1. The number of amides is 1. The van der Waals surface area contributed by atoms with Crippen LogP contribution in [0.3, 0.4) is 0 Å². The number of nitrogens with one attached hydrogen (secondary N) is 1. The van der Waals surface area contributed by atoms with E-state index < -0.39 is 0 Å². The molecular formula is C12H9BrClN3O. The summed E-state index contributed by atoms with van der Waals surface area (Å²) in [4.78, 5) is 19.8. The lowest BCUT2D eigenvalue weighted by atomic mass is 10.1. The third kappa shape index (κ3) is 3.27. The van der Waals surface area contributed by atoms with Crippen LogP contribution in [0.25, 0.3) is 0 Å². The largest absolute Gasteiger partial charge is 0.305 e. The maximum absolute atomic E-state index is 12.0. The molecule has 0 aliphatic rings. The second-order valence-corrected chi connectivity index (χ2v) is 5.00. The zero-order valence-corrected chi connectivity index (χ0v) is 11.8. The summed E-state index contributed by atoms with van der Waals surface area (Å²) in [5.41, 5.74) is 1.54. The van der Waals surface area contributed by atoms with Crippen molar-refractivity contribution in [3.05, 3.63) is 51.3 Å². The normalized spacial score (nSPS) is 10.2. The predicted octanol–water partition coefficient (Wildman–Crippen LogP) is 3.45. The van der Waals surface area contributed by atoms with Crippen LogP contribution in [0.1, 0.15) is 15.9 Å². The van der Waals surface area contributed by atoms with E-state index in [4.69, 9.17) is 11.6 Å². The summed E-state index contributed by atoms with van der Waals surface area (Å²) in [5.74, 6) is 0.0705. The maximum atomic E-state index is 12.0. The van der Waals surface area contributed by atoms with E-state index in [1.807, 2.05) is 13.0 Å². The molecule has 1 heterocycles. The molecule has 4 nitrogen and oxygen atoms in total. The SMILES string of the molecule is Cc1cc(Br)cc(C(=O)Nc2cncc(Cl)n2)c1. The number of benzene rings is 1. The van der Waals surface area contributed by atoms with Gasteiger partial charge in [0.2, 0.25) is 0 Å². The summed E-state index contributed by atoms with van der Waals surface area (Å²) >= 11 is 9.04. The lowest BCUT2D eigenvalue weighted by Crippen LogP contribution is -2.13. The third-order valence-corrected chi connectivity index (χ3v) is 2.79. The average molecular weight is 327 g/mol. The van der Waals surface area contributed by atoms with Crippen molar-refractivity contribution in [2.24, 2.45) is 0 Å². The van der Waals surface area contributed by atoms with Crippen molar-refractivity contribution >= 4 is 39.3 Å². The standard InChI is InChI=1S/C12H9BrClN3O/c1-7-2-8(4-9(13)3-7)12(18)17-11-6-15-5-10(14)16-11/h2-6H,1H3,(H,16,17,18). The van der Waals surface area contributed by atoms with Gasteiger partial charge in [-0.1, -0.05) is 27.5 Å². The summed E-state index contributed by atoms with van der Waals surface area (Å²) in [6.45, 7) is 1.92. The lowest BCUT2D eigenvalue weighted by molar-refractivity contribution is 0.102. The Balaban J connectivity index is 2.22. The van der Waals surface area contributed by atoms with Crippen LogP contribution in [-0.4, -0.2) is 15.9 Å². The number of halogens is 2. The molecule has 2 rings (SSSR count). The molecule has 1 N–H and O–H groups in total. The van der Waals surface area contributed by atoms with Crippen molar-refractivity contribution in [2.75, 3.05) is 5.32 Å². The lowest BCUT2D eigenvalue weighted by Gasteiger charge is -2.05. The molecule has 0 aliphatic heterocycles. The second-order valence-electron chi connectivity index (χ2n) is 3.70.